The van der Waals surface area contributed by atoms with Gasteiger partial charge in [0.05, 0.1) is 5.69 Å². The highest BCUT2D eigenvalue weighted by atomic mass is 32.1. The van der Waals surface area contributed by atoms with E-state index >= 15 is 0 Å². The van der Waals surface area contributed by atoms with Gasteiger partial charge in [-0.15, -0.1) is 0 Å². The standard InChI is InChI=1S/C13H9FN2OS/c1-7-6-15-13(18)16-11(7)10-5-8-3-2-4-9(14)12(8)17-10/h2-6H,1H3,(H,15,16,18). The first kappa shape index (κ1) is 11.1. The predicted octanol–water partition coefficient (Wildman–Crippen LogP) is 4.00. The molecule has 90 valence electrons. The van der Waals surface area contributed by atoms with Gasteiger partial charge in [0.1, 0.15) is 0 Å². The zero-order valence-corrected chi connectivity index (χ0v) is 10.3. The van der Waals surface area contributed by atoms with E-state index in [0.29, 0.717) is 10.5 Å². The summed E-state index contributed by atoms with van der Waals surface area (Å²) in [5.74, 6) is 0.185. The van der Waals surface area contributed by atoms with Gasteiger partial charge in [0.2, 0.25) is 0 Å². The van der Waals surface area contributed by atoms with E-state index < -0.39 is 0 Å². The van der Waals surface area contributed by atoms with Gasteiger partial charge in [0, 0.05) is 11.6 Å². The second kappa shape index (κ2) is 4.03. The Morgan fingerprint density at radius 1 is 1.39 bits per heavy atom. The van der Waals surface area contributed by atoms with E-state index in [9.17, 15) is 4.39 Å². The molecule has 2 aromatic heterocycles. The number of nitrogens with one attached hydrogen (secondary N) is 1. The SMILES string of the molecule is Cc1cnc(=S)[nH]c1-c1cc2cccc(F)c2o1. The van der Waals surface area contributed by atoms with Crippen molar-refractivity contribution in [2.45, 2.75) is 6.92 Å². The molecule has 0 radical (unpaired) electrons. The lowest BCUT2D eigenvalue weighted by Gasteiger charge is -2.00. The van der Waals surface area contributed by atoms with Gasteiger partial charge in [-0.2, -0.15) is 0 Å². The van der Waals surface area contributed by atoms with Gasteiger partial charge in [0.15, 0.2) is 21.9 Å². The van der Waals surface area contributed by atoms with E-state index in [4.69, 9.17) is 16.6 Å². The average molecular weight is 260 g/mol. The lowest BCUT2D eigenvalue weighted by Crippen LogP contribution is -1.89. The summed E-state index contributed by atoms with van der Waals surface area (Å²) in [6, 6.07) is 6.61. The summed E-state index contributed by atoms with van der Waals surface area (Å²) in [6.45, 7) is 1.89. The van der Waals surface area contributed by atoms with Gasteiger partial charge in [-0.05, 0) is 36.8 Å². The molecule has 3 aromatic rings. The highest BCUT2D eigenvalue weighted by Crippen LogP contribution is 2.29. The molecule has 1 N–H and O–H groups in total. The number of nitrogens with zero attached hydrogens (tertiary/aromatic N) is 1. The second-order valence-corrected chi connectivity index (χ2v) is 4.40. The predicted molar refractivity (Wildman–Crippen MR) is 69.3 cm³/mol. The summed E-state index contributed by atoms with van der Waals surface area (Å²) < 4.78 is 19.5. The van der Waals surface area contributed by atoms with Crippen molar-refractivity contribution in [1.29, 1.82) is 0 Å². The van der Waals surface area contributed by atoms with E-state index in [0.717, 1.165) is 16.6 Å². The van der Waals surface area contributed by atoms with E-state index in [1.54, 1.807) is 24.4 Å². The number of aromatic amines is 1. The summed E-state index contributed by atoms with van der Waals surface area (Å²) in [4.78, 5) is 6.94. The van der Waals surface area contributed by atoms with Crippen LogP contribution >= 0.6 is 12.2 Å². The molecular weight excluding hydrogens is 251 g/mol. The zero-order valence-electron chi connectivity index (χ0n) is 9.53. The molecule has 18 heavy (non-hydrogen) atoms. The Balaban J connectivity index is 2.29. The van der Waals surface area contributed by atoms with E-state index in [2.05, 4.69) is 9.97 Å². The quantitative estimate of drug-likeness (QED) is 0.672. The van der Waals surface area contributed by atoms with Crippen molar-refractivity contribution in [3.05, 3.63) is 46.6 Å². The Hall–Kier alpha value is -2.01. The third-order valence-corrected chi connectivity index (χ3v) is 2.95. The number of halogens is 1. The first-order valence-electron chi connectivity index (χ1n) is 5.39. The number of aromatic nitrogens is 2. The highest BCUT2D eigenvalue weighted by molar-refractivity contribution is 7.71. The molecule has 0 saturated heterocycles. The Bertz CT molecular complexity index is 791. The van der Waals surface area contributed by atoms with Crippen molar-refractivity contribution >= 4 is 23.2 Å². The number of rotatable bonds is 1. The van der Waals surface area contributed by atoms with Crippen molar-refractivity contribution in [2.24, 2.45) is 0 Å². The zero-order chi connectivity index (χ0) is 12.7. The van der Waals surface area contributed by atoms with Gasteiger partial charge in [-0.25, -0.2) is 9.37 Å². The first-order chi connectivity index (χ1) is 8.65. The Kier molecular flexibility index (Phi) is 2.48. The maximum atomic E-state index is 13.6. The number of benzene rings is 1. The van der Waals surface area contributed by atoms with Crippen molar-refractivity contribution in [2.75, 3.05) is 0 Å². The lowest BCUT2D eigenvalue weighted by atomic mass is 10.2. The molecule has 0 unspecified atom stereocenters. The van der Waals surface area contributed by atoms with Crippen LogP contribution in [0, 0.1) is 17.5 Å². The molecule has 3 nitrogen and oxygen atoms in total. The normalized spacial score (nSPS) is 11.0. The van der Waals surface area contributed by atoms with E-state index in [1.165, 1.54) is 6.07 Å². The summed E-state index contributed by atoms with van der Waals surface area (Å²) in [7, 11) is 0. The Labute approximate surface area is 107 Å². The first-order valence-corrected chi connectivity index (χ1v) is 5.80. The molecule has 0 atom stereocenters. The minimum atomic E-state index is -0.371. The summed E-state index contributed by atoms with van der Waals surface area (Å²) in [5, 5.41) is 0.723. The second-order valence-electron chi connectivity index (χ2n) is 4.02. The molecule has 0 spiro atoms. The van der Waals surface area contributed by atoms with Crippen LogP contribution in [0.4, 0.5) is 4.39 Å². The summed E-state index contributed by atoms with van der Waals surface area (Å²) in [6.07, 6.45) is 1.66. The largest absolute Gasteiger partial charge is 0.451 e. The Morgan fingerprint density at radius 3 is 3.00 bits per heavy atom. The van der Waals surface area contributed by atoms with Crippen LogP contribution in [0.15, 0.2) is 34.9 Å². The van der Waals surface area contributed by atoms with Crippen LogP contribution in [0.5, 0.6) is 0 Å². The molecule has 0 saturated carbocycles. The van der Waals surface area contributed by atoms with Crippen LogP contribution in [0.1, 0.15) is 5.56 Å². The number of hydrogen-bond donors (Lipinski definition) is 1. The molecule has 0 aliphatic heterocycles. The fourth-order valence-corrected chi connectivity index (χ4v) is 2.02. The minimum Gasteiger partial charge on any atom is -0.451 e. The third-order valence-electron chi connectivity index (χ3n) is 2.74. The van der Waals surface area contributed by atoms with Crippen LogP contribution in [0.25, 0.3) is 22.4 Å². The van der Waals surface area contributed by atoms with E-state index in [1.807, 2.05) is 6.92 Å². The molecule has 2 heterocycles. The summed E-state index contributed by atoms with van der Waals surface area (Å²) >= 11 is 4.98. The van der Waals surface area contributed by atoms with Gasteiger partial charge < -0.3 is 9.40 Å². The number of fused-ring (bicyclic) bond motifs is 1. The molecule has 5 heteroatoms. The molecule has 3 rings (SSSR count). The van der Waals surface area contributed by atoms with Crippen LogP contribution in [0.2, 0.25) is 0 Å². The maximum Gasteiger partial charge on any atom is 0.197 e. The molecular formula is C13H9FN2OS. The maximum absolute atomic E-state index is 13.6. The van der Waals surface area contributed by atoms with Crippen LogP contribution in [-0.4, -0.2) is 9.97 Å². The van der Waals surface area contributed by atoms with Gasteiger partial charge in [-0.3, -0.25) is 0 Å². The van der Waals surface area contributed by atoms with Crippen LogP contribution in [-0.2, 0) is 0 Å². The molecule has 0 amide bonds. The number of aryl methyl sites for hydroxylation is 1. The average Bonchev–Trinajstić information content (AvgIpc) is 2.77. The highest BCUT2D eigenvalue weighted by Gasteiger charge is 2.11. The molecule has 1 aromatic carbocycles. The molecule has 0 fully saturated rings. The third kappa shape index (κ3) is 1.73. The fraction of sp³-hybridized carbons (Fsp3) is 0.0769. The van der Waals surface area contributed by atoms with Gasteiger partial charge in [0.25, 0.3) is 0 Å². The van der Waals surface area contributed by atoms with Crippen molar-refractivity contribution < 1.29 is 8.81 Å². The number of para-hydroxylation sites is 1. The van der Waals surface area contributed by atoms with Gasteiger partial charge in [-0.1, -0.05) is 12.1 Å². The molecule has 0 bridgehead atoms. The Morgan fingerprint density at radius 2 is 2.22 bits per heavy atom. The molecule has 0 aliphatic rings. The smallest absolute Gasteiger partial charge is 0.197 e. The summed E-state index contributed by atoms with van der Waals surface area (Å²) in [5.41, 5.74) is 1.87. The number of furan rings is 1. The van der Waals surface area contributed by atoms with Crippen molar-refractivity contribution in [3.63, 3.8) is 0 Å². The lowest BCUT2D eigenvalue weighted by molar-refractivity contribution is 0.567. The topological polar surface area (TPSA) is 41.8 Å². The number of H-pyrrole nitrogens is 1. The van der Waals surface area contributed by atoms with Crippen LogP contribution < -0.4 is 0 Å². The minimum absolute atomic E-state index is 0.253. The van der Waals surface area contributed by atoms with Crippen molar-refractivity contribution in [1.82, 2.24) is 9.97 Å². The molecule has 0 aliphatic carbocycles. The number of hydrogen-bond acceptors (Lipinski definition) is 3. The van der Waals surface area contributed by atoms with Crippen LogP contribution in [0.3, 0.4) is 0 Å². The van der Waals surface area contributed by atoms with E-state index in [-0.39, 0.29) is 11.4 Å². The monoisotopic (exact) mass is 260 g/mol. The van der Waals surface area contributed by atoms with Crippen molar-refractivity contribution in [3.8, 4) is 11.5 Å². The fourth-order valence-electron chi connectivity index (χ4n) is 1.86. The van der Waals surface area contributed by atoms with Gasteiger partial charge >= 0.3 is 0 Å².